The summed E-state index contributed by atoms with van der Waals surface area (Å²) in [7, 11) is -6.35. The lowest BCUT2D eigenvalue weighted by molar-refractivity contribution is 0.250. The molecule has 4 rings (SSSR count). The summed E-state index contributed by atoms with van der Waals surface area (Å²) in [5.74, 6) is 0. The molecule has 4 nitrogen and oxygen atoms in total. The van der Waals surface area contributed by atoms with Crippen molar-refractivity contribution in [2.75, 3.05) is 6.61 Å². The van der Waals surface area contributed by atoms with Gasteiger partial charge in [0.15, 0.2) is 0 Å². The smallest absolute Gasteiger partial charge is 0.260 e. The highest BCUT2D eigenvalue weighted by molar-refractivity contribution is 7.94. The van der Waals surface area contributed by atoms with Crippen LogP contribution >= 0.6 is 0 Å². The van der Waals surface area contributed by atoms with Crippen LogP contribution in [0.1, 0.15) is 20.8 Å². The minimum atomic E-state index is -3.62. The zero-order valence-electron chi connectivity index (χ0n) is 18.0. The number of hydrogen-bond acceptors (Lipinski definition) is 4. The Kier molecular flexibility index (Phi) is 5.92. The predicted molar refractivity (Wildman–Crippen MR) is 125 cm³/mol. The fourth-order valence-corrected chi connectivity index (χ4v) is 10.1. The number of benzene rings is 3. The third-order valence-corrected chi connectivity index (χ3v) is 12.4. The van der Waals surface area contributed by atoms with Crippen LogP contribution in [0.3, 0.4) is 0 Å². The van der Waals surface area contributed by atoms with Crippen molar-refractivity contribution in [3.8, 4) is 0 Å². The molecule has 31 heavy (non-hydrogen) atoms. The molecule has 0 N–H and O–H groups in total. The van der Waals surface area contributed by atoms with Crippen molar-refractivity contribution in [3.63, 3.8) is 0 Å². The standard InChI is InChI=1S/C25H27O4SSi/c1-25(2,3)31(21-15-9-5-10-16-21,22-17-11-6-12-18-22)28-19-23-24(29-23)30(26,27)20-13-7-4-8-14-20/h4-18,23H,19H2,1-3H3/q-1/t23-/m0/s1. The molecule has 0 aromatic heterocycles. The van der Waals surface area contributed by atoms with Gasteiger partial charge in [-0.05, 0) is 39.1 Å². The van der Waals surface area contributed by atoms with Crippen molar-refractivity contribution in [3.05, 3.63) is 96.4 Å². The van der Waals surface area contributed by atoms with Crippen molar-refractivity contribution in [1.82, 2.24) is 0 Å². The molecule has 0 radical (unpaired) electrons. The van der Waals surface area contributed by atoms with Crippen LogP contribution in [-0.2, 0) is 19.0 Å². The van der Waals surface area contributed by atoms with Crippen LogP contribution in [-0.4, -0.2) is 29.4 Å². The molecular formula is C25H27O4SSi-. The van der Waals surface area contributed by atoms with Gasteiger partial charge in [-0.2, -0.15) is 0 Å². The second kappa shape index (κ2) is 8.35. The summed E-state index contributed by atoms with van der Waals surface area (Å²) in [6.07, 6.45) is -0.549. The molecule has 0 saturated carbocycles. The third kappa shape index (κ3) is 4.13. The second-order valence-electron chi connectivity index (χ2n) is 8.72. The Bertz CT molecular complexity index is 1070. The van der Waals surface area contributed by atoms with Gasteiger partial charge in [0.25, 0.3) is 8.32 Å². The molecular weight excluding hydrogens is 424 g/mol. The summed E-state index contributed by atoms with van der Waals surface area (Å²) < 4.78 is 38.0. The van der Waals surface area contributed by atoms with E-state index in [9.17, 15) is 8.42 Å². The summed E-state index contributed by atoms with van der Waals surface area (Å²) in [5, 5.41) is 2.13. The average Bonchev–Trinajstić information content (AvgIpc) is 3.56. The normalized spacial score (nSPS) is 17.5. The first-order valence-electron chi connectivity index (χ1n) is 10.4. The molecule has 3 aromatic carbocycles. The molecule has 0 amide bonds. The van der Waals surface area contributed by atoms with Crippen molar-refractivity contribution in [1.29, 1.82) is 0 Å². The van der Waals surface area contributed by atoms with Crippen LogP contribution < -0.4 is 10.4 Å². The van der Waals surface area contributed by atoms with E-state index in [0.717, 1.165) is 10.4 Å². The van der Waals surface area contributed by atoms with Gasteiger partial charge in [0.05, 0.1) is 9.84 Å². The van der Waals surface area contributed by atoms with Crippen molar-refractivity contribution < 1.29 is 17.6 Å². The predicted octanol–water partition coefficient (Wildman–Crippen LogP) is 3.93. The molecule has 1 aliphatic rings. The van der Waals surface area contributed by atoms with E-state index in [1.165, 1.54) is 0 Å². The van der Waals surface area contributed by atoms with Crippen molar-refractivity contribution in [2.24, 2.45) is 0 Å². The van der Waals surface area contributed by atoms with E-state index in [1.807, 2.05) is 36.4 Å². The van der Waals surface area contributed by atoms with E-state index in [2.05, 4.69) is 45.0 Å². The Balaban J connectivity index is 1.64. The first kappa shape index (κ1) is 22.0. The maximum absolute atomic E-state index is 12.9. The number of ether oxygens (including phenoxy) is 1. The maximum Gasteiger partial charge on any atom is 0.260 e. The SMILES string of the molecule is CC(C)(C)[Si](OC[C@@H]1O[C-]1S(=O)(=O)c1ccccc1)(c1ccccc1)c1ccccc1. The molecule has 162 valence electrons. The quantitative estimate of drug-likeness (QED) is 0.310. The zero-order valence-corrected chi connectivity index (χ0v) is 19.8. The molecule has 1 aliphatic heterocycles. The number of hydrogen-bond donors (Lipinski definition) is 0. The summed E-state index contributed by atoms with van der Waals surface area (Å²) >= 11 is 0. The fourth-order valence-electron chi connectivity index (χ4n) is 4.12. The van der Waals surface area contributed by atoms with E-state index >= 15 is 0 Å². The highest BCUT2D eigenvalue weighted by atomic mass is 32.2. The summed E-state index contributed by atoms with van der Waals surface area (Å²) in [5.41, 5.74) is 0.0941. The topological polar surface area (TPSA) is 55.9 Å². The monoisotopic (exact) mass is 451 g/mol. The van der Waals surface area contributed by atoms with Crippen LogP contribution in [0.4, 0.5) is 0 Å². The van der Waals surface area contributed by atoms with Gasteiger partial charge in [0.1, 0.15) is 0 Å². The Labute approximate surface area is 185 Å². The lowest BCUT2D eigenvalue weighted by atomic mass is 10.2. The Morgan fingerprint density at radius 2 is 1.29 bits per heavy atom. The van der Waals surface area contributed by atoms with E-state index in [0.29, 0.717) is 0 Å². The van der Waals surface area contributed by atoms with E-state index in [-0.39, 0.29) is 22.0 Å². The first-order valence-corrected chi connectivity index (χ1v) is 13.7. The molecule has 1 saturated heterocycles. The highest BCUT2D eigenvalue weighted by Crippen LogP contribution is 2.42. The van der Waals surface area contributed by atoms with Crippen molar-refractivity contribution in [2.45, 2.75) is 36.8 Å². The van der Waals surface area contributed by atoms with Gasteiger partial charge in [0, 0.05) is 11.5 Å². The minimum absolute atomic E-state index is 0.0941. The first-order chi connectivity index (χ1) is 14.8. The van der Waals surface area contributed by atoms with Gasteiger partial charge in [-0.1, -0.05) is 99.6 Å². The van der Waals surface area contributed by atoms with Gasteiger partial charge < -0.3 is 9.16 Å². The van der Waals surface area contributed by atoms with Crippen LogP contribution in [0, 0.1) is 5.44 Å². The van der Waals surface area contributed by atoms with Crippen LogP contribution in [0.25, 0.3) is 0 Å². The third-order valence-electron chi connectivity index (χ3n) is 5.65. The molecule has 0 bridgehead atoms. The fraction of sp³-hybridized carbons (Fsp3) is 0.240. The van der Waals surface area contributed by atoms with E-state index in [1.54, 1.807) is 30.3 Å². The lowest BCUT2D eigenvalue weighted by Gasteiger charge is -2.43. The number of sulfone groups is 1. The van der Waals surface area contributed by atoms with Gasteiger partial charge in [-0.15, -0.1) is 0 Å². The molecule has 3 aromatic rings. The van der Waals surface area contributed by atoms with Gasteiger partial charge in [-0.3, -0.25) is 8.42 Å². The maximum atomic E-state index is 12.9. The summed E-state index contributed by atoms with van der Waals surface area (Å²) in [4.78, 5) is 0.248. The number of rotatable bonds is 7. The average molecular weight is 452 g/mol. The van der Waals surface area contributed by atoms with E-state index < -0.39 is 24.3 Å². The molecule has 1 heterocycles. The molecule has 0 spiro atoms. The molecule has 6 heteroatoms. The minimum Gasteiger partial charge on any atom is -0.548 e. The van der Waals surface area contributed by atoms with Gasteiger partial charge >= 0.3 is 0 Å². The van der Waals surface area contributed by atoms with Crippen LogP contribution in [0.5, 0.6) is 0 Å². The van der Waals surface area contributed by atoms with Crippen molar-refractivity contribution >= 4 is 28.5 Å². The molecule has 0 aliphatic carbocycles. The summed E-state index contributed by atoms with van der Waals surface area (Å²) in [6.45, 7) is 6.78. The van der Waals surface area contributed by atoms with Gasteiger partial charge in [0.2, 0.25) is 0 Å². The summed E-state index contributed by atoms with van der Waals surface area (Å²) in [6, 6.07) is 29.0. The zero-order chi connectivity index (χ0) is 22.1. The Hall–Kier alpha value is -2.25. The Morgan fingerprint density at radius 3 is 1.74 bits per heavy atom. The molecule has 0 unspecified atom stereocenters. The number of epoxide rings is 1. The molecule has 1 atom stereocenters. The lowest BCUT2D eigenvalue weighted by Crippen LogP contribution is -2.66. The van der Waals surface area contributed by atoms with Crippen LogP contribution in [0.15, 0.2) is 95.9 Å². The van der Waals surface area contributed by atoms with Crippen LogP contribution in [0.2, 0.25) is 5.04 Å². The Morgan fingerprint density at radius 1 is 0.839 bits per heavy atom. The second-order valence-corrected chi connectivity index (χ2v) is 14.9. The van der Waals surface area contributed by atoms with E-state index in [4.69, 9.17) is 9.16 Å². The molecule has 1 fully saturated rings. The van der Waals surface area contributed by atoms with Gasteiger partial charge in [-0.25, -0.2) is 0 Å². The highest BCUT2D eigenvalue weighted by Gasteiger charge is 2.51. The largest absolute Gasteiger partial charge is 0.548 e.